The Hall–Kier alpha value is -3.24. The van der Waals surface area contributed by atoms with E-state index in [0.29, 0.717) is 25.7 Å². The lowest BCUT2D eigenvalue weighted by Crippen LogP contribution is -2.30. The number of hydrogen-bond donors (Lipinski definition) is 3. The molecule has 0 aliphatic carbocycles. The molecule has 0 amide bonds. The summed E-state index contributed by atoms with van der Waals surface area (Å²) in [6, 6.07) is 0. The van der Waals surface area contributed by atoms with E-state index in [2.05, 4.69) is 88.5 Å². The van der Waals surface area contributed by atoms with Crippen LogP contribution in [0.5, 0.6) is 0 Å². The zero-order valence-corrected chi connectivity index (χ0v) is 65.7. The van der Waals surface area contributed by atoms with Crippen molar-refractivity contribution < 1.29 is 80.2 Å². The van der Waals surface area contributed by atoms with Crippen molar-refractivity contribution in [3.05, 3.63) is 60.8 Å². The Morgan fingerprint density at radius 1 is 0.280 bits per heavy atom. The van der Waals surface area contributed by atoms with E-state index < -0.39 is 97.5 Å². The Kier molecular flexibility index (Phi) is 71.6. The molecule has 0 saturated carbocycles. The summed E-state index contributed by atoms with van der Waals surface area (Å²) in [6.07, 6.45) is 73.3. The molecule has 100 heavy (non-hydrogen) atoms. The highest BCUT2D eigenvalue weighted by Crippen LogP contribution is 2.45. The molecule has 0 bridgehead atoms. The third kappa shape index (κ3) is 73.1. The van der Waals surface area contributed by atoms with E-state index in [0.717, 1.165) is 161 Å². The van der Waals surface area contributed by atoms with Gasteiger partial charge in [-0.1, -0.05) is 275 Å². The van der Waals surface area contributed by atoms with Gasteiger partial charge in [-0.05, 0) is 135 Å². The van der Waals surface area contributed by atoms with Crippen LogP contribution in [-0.4, -0.2) is 96.7 Å². The molecule has 0 radical (unpaired) electrons. The molecule has 0 rings (SSSR count). The lowest BCUT2D eigenvalue weighted by atomic mass is 10.1. The van der Waals surface area contributed by atoms with E-state index in [1.54, 1.807) is 0 Å². The maximum absolute atomic E-state index is 13.1. The molecule has 0 fully saturated rings. The summed E-state index contributed by atoms with van der Waals surface area (Å²) in [5.74, 6) is -2.19. The van der Waals surface area contributed by atoms with Crippen molar-refractivity contribution in [2.45, 2.75) is 393 Å². The summed E-state index contributed by atoms with van der Waals surface area (Å²) < 4.78 is 68.6. The molecule has 0 aromatic rings. The minimum atomic E-state index is -4.98. The largest absolute Gasteiger partial charge is 0.472 e. The quantitative estimate of drug-likeness (QED) is 0.0169. The molecule has 0 aromatic heterocycles. The number of carbonyl (C=O) groups is 4. The average molecular weight is 1460 g/mol. The Balaban J connectivity index is 5.36. The van der Waals surface area contributed by atoms with Crippen LogP contribution in [0.2, 0.25) is 0 Å². The van der Waals surface area contributed by atoms with Gasteiger partial charge >= 0.3 is 39.5 Å². The fraction of sp³-hybridized carbons (Fsp3) is 0.827. The SMILES string of the molecule is CCCCC/C=C\C/C=C\CCCCCCCC(=O)O[C@H](COC(=O)CCCCCCC/C=C\CCCCCCCC)COP(=O)(O)OCC(O)COP(=O)(O)OC[C@@H](COC(=O)CCCCCCC/C=C\CCCCCCCC)OC(=O)CCCCCCC/C=C\CCCCCCCC. The number of esters is 4. The lowest BCUT2D eigenvalue weighted by Gasteiger charge is -2.21. The standard InChI is InChI=1S/C81H148O17P2/c1-5-9-13-17-21-25-29-33-37-41-45-49-53-57-61-65-78(83)91-71-76(97-80(85)67-63-59-55-51-47-43-39-35-31-27-23-19-15-11-7-3)73-95-99(87,88)93-69-75(82)70-94-100(89,90)96-74-77(98-81(86)68-64-60-56-52-48-44-40-36-32-28-24-20-16-12-8-4)72-92-79(84)66-62-58-54-50-46-42-38-34-30-26-22-18-14-10-6-2/h23,27,33-40,75-77,82H,5-22,24-26,28-32,41-74H2,1-4H3,(H,87,88)(H,89,90)/b27-23-,37-33-,38-34-,39-35-,40-36-/t75?,76-,77-/m1/s1. The van der Waals surface area contributed by atoms with Crippen LogP contribution >= 0.6 is 15.6 Å². The van der Waals surface area contributed by atoms with Crippen molar-refractivity contribution in [1.29, 1.82) is 0 Å². The number of phosphoric acid groups is 2. The third-order valence-corrected chi connectivity index (χ3v) is 19.3. The number of unbranched alkanes of at least 4 members (excludes halogenated alkanes) is 41. The predicted octanol–water partition coefficient (Wildman–Crippen LogP) is 23.5. The fourth-order valence-electron chi connectivity index (χ4n) is 11.2. The van der Waals surface area contributed by atoms with Gasteiger partial charge in [0, 0.05) is 25.7 Å². The molecule has 3 N–H and O–H groups in total. The fourth-order valence-corrected chi connectivity index (χ4v) is 12.8. The van der Waals surface area contributed by atoms with Crippen LogP contribution in [0, 0.1) is 0 Å². The summed E-state index contributed by atoms with van der Waals surface area (Å²) in [4.78, 5) is 73.0. The monoisotopic (exact) mass is 1460 g/mol. The Labute approximate surface area is 610 Å². The molecule has 0 aromatic carbocycles. The van der Waals surface area contributed by atoms with Gasteiger partial charge in [0.1, 0.15) is 19.3 Å². The molecule has 3 unspecified atom stereocenters. The van der Waals surface area contributed by atoms with Crippen LogP contribution in [0.3, 0.4) is 0 Å². The van der Waals surface area contributed by atoms with Crippen molar-refractivity contribution in [3.8, 4) is 0 Å². The van der Waals surface area contributed by atoms with Crippen LogP contribution in [0.25, 0.3) is 0 Å². The second kappa shape index (κ2) is 74.0. The number of phosphoric ester groups is 2. The number of hydrogen-bond acceptors (Lipinski definition) is 15. The Morgan fingerprint density at radius 3 is 0.770 bits per heavy atom. The molecule has 19 heteroatoms. The van der Waals surface area contributed by atoms with E-state index in [9.17, 15) is 43.2 Å². The van der Waals surface area contributed by atoms with Gasteiger partial charge in [0.05, 0.1) is 26.4 Å². The number of aliphatic hydroxyl groups excluding tert-OH is 1. The van der Waals surface area contributed by atoms with Gasteiger partial charge in [-0.25, -0.2) is 9.13 Å². The van der Waals surface area contributed by atoms with E-state index in [4.69, 9.17) is 37.0 Å². The van der Waals surface area contributed by atoms with E-state index in [1.807, 2.05) is 0 Å². The number of aliphatic hydroxyl groups is 1. The maximum atomic E-state index is 13.1. The number of ether oxygens (including phenoxy) is 4. The average Bonchev–Trinajstić information content (AvgIpc) is 1.25. The van der Waals surface area contributed by atoms with Crippen molar-refractivity contribution in [2.24, 2.45) is 0 Å². The minimum absolute atomic E-state index is 0.0808. The summed E-state index contributed by atoms with van der Waals surface area (Å²) in [7, 11) is -9.95. The van der Waals surface area contributed by atoms with Crippen LogP contribution in [0.15, 0.2) is 60.8 Å². The summed E-state index contributed by atoms with van der Waals surface area (Å²) in [6.45, 7) is 4.86. The molecule has 0 spiro atoms. The second-order valence-electron chi connectivity index (χ2n) is 27.3. The van der Waals surface area contributed by atoms with Gasteiger partial charge < -0.3 is 33.8 Å². The molecule has 0 aliphatic heterocycles. The molecular weight excluding hydrogens is 1310 g/mol. The molecule has 0 saturated heterocycles. The van der Waals surface area contributed by atoms with Crippen molar-refractivity contribution in [3.63, 3.8) is 0 Å². The first kappa shape index (κ1) is 96.8. The van der Waals surface area contributed by atoms with Crippen LogP contribution in [0.4, 0.5) is 0 Å². The second-order valence-corrected chi connectivity index (χ2v) is 30.3. The highest BCUT2D eigenvalue weighted by molar-refractivity contribution is 7.47. The van der Waals surface area contributed by atoms with Crippen molar-refractivity contribution >= 4 is 39.5 Å². The van der Waals surface area contributed by atoms with Gasteiger partial charge in [0.15, 0.2) is 12.2 Å². The zero-order chi connectivity index (χ0) is 73.2. The molecule has 0 aliphatic rings. The Morgan fingerprint density at radius 2 is 0.490 bits per heavy atom. The predicted molar refractivity (Wildman–Crippen MR) is 409 cm³/mol. The summed E-state index contributed by atoms with van der Waals surface area (Å²) >= 11 is 0. The highest BCUT2D eigenvalue weighted by atomic mass is 31.2. The number of rotatable bonds is 77. The minimum Gasteiger partial charge on any atom is -0.462 e. The topological polar surface area (TPSA) is 237 Å². The molecular formula is C81H148O17P2. The molecule has 0 heterocycles. The van der Waals surface area contributed by atoms with E-state index >= 15 is 0 Å². The molecule has 584 valence electrons. The zero-order valence-electron chi connectivity index (χ0n) is 63.9. The van der Waals surface area contributed by atoms with Gasteiger partial charge in [-0.2, -0.15) is 0 Å². The first-order valence-electron chi connectivity index (χ1n) is 40.5. The van der Waals surface area contributed by atoms with Gasteiger partial charge in [0.25, 0.3) is 0 Å². The molecule has 17 nitrogen and oxygen atoms in total. The van der Waals surface area contributed by atoms with Crippen LogP contribution in [-0.2, 0) is 65.4 Å². The van der Waals surface area contributed by atoms with Crippen LogP contribution < -0.4 is 0 Å². The first-order valence-corrected chi connectivity index (χ1v) is 43.5. The van der Waals surface area contributed by atoms with Crippen molar-refractivity contribution in [1.82, 2.24) is 0 Å². The highest BCUT2D eigenvalue weighted by Gasteiger charge is 2.30. The third-order valence-electron chi connectivity index (χ3n) is 17.4. The summed E-state index contributed by atoms with van der Waals surface area (Å²) in [5.41, 5.74) is 0. The van der Waals surface area contributed by atoms with E-state index in [1.165, 1.54) is 135 Å². The maximum Gasteiger partial charge on any atom is 0.472 e. The number of allylic oxidation sites excluding steroid dienone is 10. The first-order chi connectivity index (χ1) is 48.7. The summed E-state index contributed by atoms with van der Waals surface area (Å²) in [5, 5.41) is 10.6. The normalized spacial score (nSPS) is 14.2. The Bertz CT molecular complexity index is 2130. The van der Waals surface area contributed by atoms with Gasteiger partial charge in [-0.3, -0.25) is 37.3 Å². The smallest absolute Gasteiger partial charge is 0.462 e. The van der Waals surface area contributed by atoms with Crippen molar-refractivity contribution in [2.75, 3.05) is 39.6 Å². The van der Waals surface area contributed by atoms with E-state index in [-0.39, 0.29) is 25.7 Å². The van der Waals surface area contributed by atoms with Gasteiger partial charge in [-0.15, -0.1) is 0 Å². The van der Waals surface area contributed by atoms with Gasteiger partial charge in [0.2, 0.25) is 0 Å². The lowest BCUT2D eigenvalue weighted by molar-refractivity contribution is -0.161. The molecule has 5 atom stereocenters. The number of carbonyl (C=O) groups excluding carboxylic acids is 4. The van der Waals surface area contributed by atoms with Crippen LogP contribution in [0.1, 0.15) is 374 Å².